The zero-order valence-electron chi connectivity index (χ0n) is 32.0. The molecule has 0 aromatic heterocycles. The van der Waals surface area contributed by atoms with Crippen LogP contribution >= 0.6 is 0 Å². The van der Waals surface area contributed by atoms with Crippen molar-refractivity contribution < 1.29 is 38.9 Å². The van der Waals surface area contributed by atoms with E-state index in [1.165, 1.54) is 32.0 Å². The highest BCUT2D eigenvalue weighted by Gasteiger charge is 2.37. The molecule has 1 heterocycles. The minimum atomic E-state index is -1.44. The third kappa shape index (κ3) is 7.32. The number of nitrogens with zero attached hydrogens (tertiary/aromatic N) is 1. The number of hydrogen-bond donors (Lipinski definition) is 3. The highest BCUT2D eigenvalue weighted by atomic mass is 16.5. The van der Waals surface area contributed by atoms with Crippen LogP contribution in [0.4, 0.5) is 11.4 Å². The van der Waals surface area contributed by atoms with Crippen molar-refractivity contribution in [2.45, 2.75) is 38.5 Å². The van der Waals surface area contributed by atoms with E-state index in [4.69, 9.17) is 9.47 Å². The number of rotatable bonds is 12. The van der Waals surface area contributed by atoms with Crippen LogP contribution in [0.5, 0.6) is 23.0 Å². The maximum atomic E-state index is 13.6. The van der Waals surface area contributed by atoms with E-state index < -0.39 is 29.2 Å². The van der Waals surface area contributed by atoms with E-state index in [1.54, 1.807) is 42.5 Å². The van der Waals surface area contributed by atoms with Gasteiger partial charge in [-0.25, -0.2) is 9.69 Å². The highest BCUT2D eigenvalue weighted by Crippen LogP contribution is 2.37. The van der Waals surface area contributed by atoms with E-state index in [1.807, 2.05) is 67.7 Å². The lowest BCUT2D eigenvalue weighted by Gasteiger charge is -2.26. The maximum absolute atomic E-state index is 13.6. The highest BCUT2D eigenvalue weighted by molar-refractivity contribution is 6.34. The molecular formula is C47H40N2O8. The first kappa shape index (κ1) is 38.1. The lowest BCUT2D eigenvalue weighted by molar-refractivity contribution is -0.142. The quantitative estimate of drug-likeness (QED) is 0.104. The molecule has 1 aliphatic rings. The van der Waals surface area contributed by atoms with Crippen molar-refractivity contribution in [2.75, 3.05) is 17.3 Å². The number of imide groups is 1. The summed E-state index contributed by atoms with van der Waals surface area (Å²) in [6.45, 7) is 7.19. The Morgan fingerprint density at radius 1 is 0.579 bits per heavy atom. The first-order valence-corrected chi connectivity index (χ1v) is 18.3. The van der Waals surface area contributed by atoms with Crippen LogP contribution in [0.1, 0.15) is 75.5 Å². The van der Waals surface area contributed by atoms with Crippen LogP contribution < -0.4 is 19.7 Å². The van der Waals surface area contributed by atoms with Gasteiger partial charge in [-0.15, -0.1) is 0 Å². The Balaban J connectivity index is 1.02. The van der Waals surface area contributed by atoms with Gasteiger partial charge in [-0.3, -0.25) is 14.4 Å². The van der Waals surface area contributed by atoms with Crippen LogP contribution in [0, 0.1) is 0 Å². The molecule has 0 aliphatic carbocycles. The fraction of sp³-hybridized carbons (Fsp3) is 0.149. The number of carbonyl (C=O) groups is 4. The van der Waals surface area contributed by atoms with Crippen LogP contribution in [0.3, 0.4) is 0 Å². The first-order valence-electron chi connectivity index (χ1n) is 18.3. The van der Waals surface area contributed by atoms with Gasteiger partial charge in [-0.05, 0) is 133 Å². The largest absolute Gasteiger partial charge is 0.481 e. The number of carboxylic acids is 2. The number of carbonyl (C=O) groups excluding carboxylic acids is 2. The molecule has 0 saturated carbocycles. The predicted octanol–water partition coefficient (Wildman–Crippen LogP) is 10.2. The molecule has 6 aromatic rings. The van der Waals surface area contributed by atoms with Crippen molar-refractivity contribution in [1.82, 2.24) is 0 Å². The molecule has 10 heteroatoms. The van der Waals surface area contributed by atoms with Gasteiger partial charge < -0.3 is 25.0 Å². The van der Waals surface area contributed by atoms with Gasteiger partial charge >= 0.3 is 11.9 Å². The zero-order valence-corrected chi connectivity index (χ0v) is 32.0. The maximum Gasteiger partial charge on any atom is 0.336 e. The summed E-state index contributed by atoms with van der Waals surface area (Å²) in [7, 11) is 1.87. The molecule has 10 nitrogen and oxygen atoms in total. The van der Waals surface area contributed by atoms with Crippen molar-refractivity contribution in [2.24, 2.45) is 0 Å². The van der Waals surface area contributed by atoms with Crippen molar-refractivity contribution in [1.29, 1.82) is 0 Å². The molecule has 1 aliphatic heterocycles. The Morgan fingerprint density at radius 3 is 1.53 bits per heavy atom. The van der Waals surface area contributed by atoms with Gasteiger partial charge in [0.25, 0.3) is 11.8 Å². The van der Waals surface area contributed by atoms with E-state index >= 15 is 0 Å². The molecule has 286 valence electrons. The number of aliphatic carboxylic acids is 1. The molecule has 0 spiro atoms. The van der Waals surface area contributed by atoms with E-state index in [-0.39, 0.29) is 27.7 Å². The van der Waals surface area contributed by atoms with E-state index in [2.05, 4.69) is 31.3 Å². The first-order chi connectivity index (χ1) is 27.2. The number of ether oxygens (including phenoxy) is 2. The minimum Gasteiger partial charge on any atom is -0.481 e. The van der Waals surface area contributed by atoms with Gasteiger partial charge in [0, 0.05) is 18.2 Å². The Labute approximate surface area is 329 Å². The molecular weight excluding hydrogens is 721 g/mol. The van der Waals surface area contributed by atoms with E-state index in [9.17, 15) is 29.4 Å². The van der Waals surface area contributed by atoms with Crippen molar-refractivity contribution >= 4 is 35.1 Å². The number of benzene rings is 6. The smallest absolute Gasteiger partial charge is 0.336 e. The van der Waals surface area contributed by atoms with Crippen LogP contribution in [0.15, 0.2) is 133 Å². The van der Waals surface area contributed by atoms with Gasteiger partial charge in [0.1, 0.15) is 23.0 Å². The average Bonchev–Trinajstić information content (AvgIpc) is 3.46. The molecule has 0 radical (unpaired) electrons. The summed E-state index contributed by atoms with van der Waals surface area (Å²) in [5, 5.41) is 22.7. The molecule has 0 atom stereocenters. The number of fused-ring (bicyclic) bond motifs is 1. The molecule has 0 saturated heterocycles. The summed E-state index contributed by atoms with van der Waals surface area (Å²) >= 11 is 0. The van der Waals surface area contributed by atoms with Crippen LogP contribution in [-0.2, 0) is 15.6 Å². The van der Waals surface area contributed by atoms with E-state index in [0.717, 1.165) is 33.2 Å². The van der Waals surface area contributed by atoms with Crippen LogP contribution in [0.25, 0.3) is 11.1 Å². The normalized spacial score (nSPS) is 12.6. The Hall–Kier alpha value is -7.20. The molecule has 7 rings (SSSR count). The monoisotopic (exact) mass is 760 g/mol. The molecule has 0 bridgehead atoms. The second-order valence-corrected chi connectivity index (χ2v) is 14.8. The summed E-state index contributed by atoms with van der Waals surface area (Å²) in [4.78, 5) is 52.2. The summed E-state index contributed by atoms with van der Waals surface area (Å²) in [6, 6.07) is 39.6. The number of amides is 2. The summed E-state index contributed by atoms with van der Waals surface area (Å²) in [5.41, 5.74) is 3.20. The molecule has 0 unspecified atom stereocenters. The van der Waals surface area contributed by atoms with Gasteiger partial charge in [-0.2, -0.15) is 0 Å². The second-order valence-electron chi connectivity index (χ2n) is 14.8. The van der Waals surface area contributed by atoms with Gasteiger partial charge in [-0.1, -0.05) is 56.3 Å². The minimum absolute atomic E-state index is 0.148. The van der Waals surface area contributed by atoms with Crippen molar-refractivity contribution in [3.8, 4) is 34.1 Å². The zero-order chi connectivity index (χ0) is 40.6. The average molecular weight is 761 g/mol. The van der Waals surface area contributed by atoms with E-state index in [0.29, 0.717) is 28.3 Å². The SMILES string of the molecule is CNc1ccc(Oc2ccc(C(C)(C)c3ccc(Oc4ccc(N5C(=O)c6ccc(-c7ccc(C(C)(C)C(=O)O)c(C(=O)O)c7)cc6C5=O)cc4)cc3)cc2)cc1. The Bertz CT molecular complexity index is 2520. The predicted molar refractivity (Wildman–Crippen MR) is 218 cm³/mol. The number of aromatic carboxylic acids is 1. The molecule has 2 amide bonds. The lowest BCUT2D eigenvalue weighted by atomic mass is 9.78. The van der Waals surface area contributed by atoms with Gasteiger partial charge in [0.2, 0.25) is 0 Å². The van der Waals surface area contributed by atoms with Crippen molar-refractivity contribution in [3.05, 3.63) is 167 Å². The summed E-state index contributed by atoms with van der Waals surface area (Å²) < 4.78 is 12.1. The number of nitrogens with one attached hydrogen (secondary N) is 1. The number of anilines is 2. The third-order valence-electron chi connectivity index (χ3n) is 10.5. The number of hydrogen-bond acceptors (Lipinski definition) is 7. The molecule has 6 aromatic carbocycles. The Kier molecular flexibility index (Phi) is 9.89. The Morgan fingerprint density at radius 2 is 1.04 bits per heavy atom. The van der Waals surface area contributed by atoms with Gasteiger partial charge in [0.15, 0.2) is 0 Å². The topological polar surface area (TPSA) is 142 Å². The van der Waals surface area contributed by atoms with Crippen molar-refractivity contribution in [3.63, 3.8) is 0 Å². The fourth-order valence-electron chi connectivity index (χ4n) is 6.89. The second kappa shape index (κ2) is 14.8. The third-order valence-corrected chi connectivity index (χ3v) is 10.5. The summed E-state index contributed by atoms with van der Waals surface area (Å²) in [5.74, 6) is -0.796. The van der Waals surface area contributed by atoms with Gasteiger partial charge in [0.05, 0.1) is 27.8 Å². The lowest BCUT2D eigenvalue weighted by Crippen LogP contribution is -2.30. The number of carboxylic acid groups (broad SMARTS) is 2. The molecule has 0 fully saturated rings. The molecule has 3 N–H and O–H groups in total. The van der Waals surface area contributed by atoms with Crippen LogP contribution in [-0.4, -0.2) is 41.0 Å². The summed E-state index contributed by atoms with van der Waals surface area (Å²) in [6.07, 6.45) is 0. The fourth-order valence-corrected chi connectivity index (χ4v) is 6.89. The standard InChI is InChI=1S/C47H40N2O8/c1-46(2,30-8-16-34(17-9-30)56-36-20-12-32(48-5)13-21-36)31-10-18-35(19-11-31)57-37-22-14-33(15-23-37)49-42(50)38-24-6-28(26-39(38)43(49)51)29-7-25-41(40(27-29)44(52)53)47(3,4)45(54)55/h6-27,48H,1-5H3,(H,52,53)(H,54,55). The van der Waals surface area contributed by atoms with Crippen LogP contribution in [0.2, 0.25) is 0 Å². The molecule has 57 heavy (non-hydrogen) atoms.